The maximum Gasteiger partial charge on any atom is -0.00648 e. The molecule has 2 N–H and O–H groups in total. The van der Waals surface area contributed by atoms with E-state index in [9.17, 15) is 0 Å². The van der Waals surface area contributed by atoms with Crippen molar-refractivity contribution in [3.63, 3.8) is 0 Å². The second-order valence-corrected chi connectivity index (χ2v) is 5.75. The minimum Gasteiger partial charge on any atom is -0.330 e. The fourth-order valence-corrected chi connectivity index (χ4v) is 3.86. The van der Waals surface area contributed by atoms with Crippen LogP contribution >= 0.6 is 11.8 Å². The predicted molar refractivity (Wildman–Crippen MR) is 59.9 cm³/mol. The Balaban J connectivity index is 1.84. The molecule has 0 aromatic rings. The zero-order valence-electron chi connectivity index (χ0n) is 8.37. The van der Waals surface area contributed by atoms with Crippen LogP contribution in [0, 0.1) is 17.8 Å². The first kappa shape index (κ1) is 9.85. The SMILES string of the molecule is NCCC(C1CCSCC1)C1CC1. The van der Waals surface area contributed by atoms with E-state index < -0.39 is 0 Å². The van der Waals surface area contributed by atoms with Gasteiger partial charge in [-0.15, -0.1) is 0 Å². The molecule has 1 unspecified atom stereocenters. The van der Waals surface area contributed by atoms with Crippen LogP contribution in [0.2, 0.25) is 0 Å². The minimum atomic E-state index is 0.908. The number of rotatable bonds is 4. The van der Waals surface area contributed by atoms with Gasteiger partial charge in [0.2, 0.25) is 0 Å². The van der Waals surface area contributed by atoms with Gasteiger partial charge < -0.3 is 5.73 Å². The third-order valence-electron chi connectivity index (χ3n) is 3.60. The van der Waals surface area contributed by atoms with Crippen LogP contribution in [0.4, 0.5) is 0 Å². The van der Waals surface area contributed by atoms with Crippen LogP contribution in [0.5, 0.6) is 0 Å². The number of thioether (sulfide) groups is 1. The van der Waals surface area contributed by atoms with E-state index >= 15 is 0 Å². The van der Waals surface area contributed by atoms with Gasteiger partial charge in [0, 0.05) is 0 Å². The molecule has 1 heterocycles. The van der Waals surface area contributed by atoms with Crippen molar-refractivity contribution in [2.45, 2.75) is 32.1 Å². The molecule has 0 aromatic heterocycles. The van der Waals surface area contributed by atoms with Crippen LogP contribution in [0.15, 0.2) is 0 Å². The lowest BCUT2D eigenvalue weighted by Crippen LogP contribution is -2.24. The van der Waals surface area contributed by atoms with E-state index in [-0.39, 0.29) is 0 Å². The molecule has 2 fully saturated rings. The summed E-state index contributed by atoms with van der Waals surface area (Å²) in [6.45, 7) is 0.908. The van der Waals surface area contributed by atoms with Crippen LogP contribution in [0.25, 0.3) is 0 Å². The van der Waals surface area contributed by atoms with E-state index in [1.165, 1.54) is 43.6 Å². The van der Waals surface area contributed by atoms with E-state index in [2.05, 4.69) is 11.8 Å². The van der Waals surface area contributed by atoms with Gasteiger partial charge in [0.05, 0.1) is 0 Å². The topological polar surface area (TPSA) is 26.0 Å². The molecule has 0 bridgehead atoms. The van der Waals surface area contributed by atoms with E-state index in [0.29, 0.717) is 0 Å². The Kier molecular flexibility index (Phi) is 3.56. The second-order valence-electron chi connectivity index (χ2n) is 4.53. The molecule has 0 radical (unpaired) electrons. The van der Waals surface area contributed by atoms with Crippen molar-refractivity contribution in [3.8, 4) is 0 Å². The lowest BCUT2D eigenvalue weighted by Gasteiger charge is -2.30. The maximum atomic E-state index is 5.70. The van der Waals surface area contributed by atoms with Gasteiger partial charge in [0.15, 0.2) is 0 Å². The molecule has 1 saturated carbocycles. The van der Waals surface area contributed by atoms with Crippen LogP contribution in [-0.4, -0.2) is 18.1 Å². The Morgan fingerprint density at radius 2 is 1.69 bits per heavy atom. The molecule has 2 heteroatoms. The highest BCUT2D eigenvalue weighted by atomic mass is 32.2. The molecule has 76 valence electrons. The summed E-state index contributed by atoms with van der Waals surface area (Å²) >= 11 is 2.14. The summed E-state index contributed by atoms with van der Waals surface area (Å²) < 4.78 is 0. The molecule has 2 rings (SSSR count). The smallest absolute Gasteiger partial charge is 0.00648 e. The largest absolute Gasteiger partial charge is 0.330 e. The van der Waals surface area contributed by atoms with Gasteiger partial charge in [-0.3, -0.25) is 0 Å². The highest BCUT2D eigenvalue weighted by Gasteiger charge is 2.36. The van der Waals surface area contributed by atoms with Gasteiger partial charge in [-0.2, -0.15) is 11.8 Å². The van der Waals surface area contributed by atoms with E-state index in [1.54, 1.807) is 0 Å². The number of nitrogens with two attached hydrogens (primary N) is 1. The average Bonchev–Trinajstić information content (AvgIpc) is 2.99. The molecule has 0 amide bonds. The normalized spacial score (nSPS) is 27.5. The first-order chi connectivity index (χ1) is 6.42. The third-order valence-corrected chi connectivity index (χ3v) is 4.65. The summed E-state index contributed by atoms with van der Waals surface area (Å²) in [5.74, 6) is 5.89. The van der Waals surface area contributed by atoms with Crippen molar-refractivity contribution in [1.82, 2.24) is 0 Å². The average molecular weight is 199 g/mol. The summed E-state index contributed by atoms with van der Waals surface area (Å²) in [6, 6.07) is 0. The molecule has 1 aliphatic heterocycles. The van der Waals surface area contributed by atoms with Crippen molar-refractivity contribution in [2.24, 2.45) is 23.5 Å². The maximum absolute atomic E-state index is 5.70. The monoisotopic (exact) mass is 199 g/mol. The standard InChI is InChI=1S/C11H21NS/c12-6-3-11(9-1-2-9)10-4-7-13-8-5-10/h9-11H,1-8,12H2. The number of hydrogen-bond acceptors (Lipinski definition) is 2. The second kappa shape index (κ2) is 4.70. The van der Waals surface area contributed by atoms with Crippen molar-refractivity contribution in [1.29, 1.82) is 0 Å². The van der Waals surface area contributed by atoms with Crippen LogP contribution in [0.3, 0.4) is 0 Å². The molecular weight excluding hydrogens is 178 g/mol. The van der Waals surface area contributed by atoms with E-state index in [1.807, 2.05) is 0 Å². The van der Waals surface area contributed by atoms with Gasteiger partial charge in [0.25, 0.3) is 0 Å². The van der Waals surface area contributed by atoms with Crippen LogP contribution in [0.1, 0.15) is 32.1 Å². The quantitative estimate of drug-likeness (QED) is 0.753. The van der Waals surface area contributed by atoms with Crippen LogP contribution < -0.4 is 5.73 Å². The molecule has 0 spiro atoms. The molecule has 13 heavy (non-hydrogen) atoms. The molecule has 1 atom stereocenters. The van der Waals surface area contributed by atoms with Crippen molar-refractivity contribution in [3.05, 3.63) is 0 Å². The number of hydrogen-bond donors (Lipinski definition) is 1. The zero-order valence-corrected chi connectivity index (χ0v) is 9.19. The fraction of sp³-hybridized carbons (Fsp3) is 1.00. The van der Waals surface area contributed by atoms with Gasteiger partial charge >= 0.3 is 0 Å². The third kappa shape index (κ3) is 2.63. The Morgan fingerprint density at radius 1 is 1.08 bits per heavy atom. The van der Waals surface area contributed by atoms with Gasteiger partial charge in [0.1, 0.15) is 0 Å². The van der Waals surface area contributed by atoms with E-state index in [0.717, 1.165) is 24.3 Å². The highest BCUT2D eigenvalue weighted by Crippen LogP contribution is 2.45. The summed E-state index contributed by atoms with van der Waals surface area (Å²) in [7, 11) is 0. The Morgan fingerprint density at radius 3 is 2.23 bits per heavy atom. The molecule has 1 saturated heterocycles. The van der Waals surface area contributed by atoms with Gasteiger partial charge in [-0.25, -0.2) is 0 Å². The molecule has 0 aromatic carbocycles. The Labute approximate surface area is 85.8 Å². The van der Waals surface area contributed by atoms with Gasteiger partial charge in [-0.05, 0) is 67.9 Å². The summed E-state index contributed by atoms with van der Waals surface area (Å²) in [4.78, 5) is 0. The minimum absolute atomic E-state index is 0.908. The predicted octanol–water partition coefficient (Wildman–Crippen LogP) is 2.50. The molecule has 1 aliphatic carbocycles. The Hall–Kier alpha value is 0.310. The van der Waals surface area contributed by atoms with E-state index in [4.69, 9.17) is 5.73 Å². The first-order valence-electron chi connectivity index (χ1n) is 5.69. The van der Waals surface area contributed by atoms with Crippen molar-refractivity contribution < 1.29 is 0 Å². The zero-order chi connectivity index (χ0) is 9.10. The molecule has 2 aliphatic rings. The summed E-state index contributed by atoms with van der Waals surface area (Å²) in [5.41, 5.74) is 5.70. The lowest BCUT2D eigenvalue weighted by molar-refractivity contribution is 0.264. The lowest BCUT2D eigenvalue weighted by atomic mass is 9.82. The first-order valence-corrected chi connectivity index (χ1v) is 6.85. The van der Waals surface area contributed by atoms with Gasteiger partial charge in [-0.1, -0.05) is 0 Å². The van der Waals surface area contributed by atoms with Crippen LogP contribution in [-0.2, 0) is 0 Å². The Bertz CT molecular complexity index is 150. The molecule has 1 nitrogen and oxygen atoms in total. The molecular formula is C11H21NS. The highest BCUT2D eigenvalue weighted by molar-refractivity contribution is 7.99. The summed E-state index contributed by atoms with van der Waals surface area (Å²) in [5, 5.41) is 0. The summed E-state index contributed by atoms with van der Waals surface area (Å²) in [6.07, 6.45) is 7.21. The van der Waals surface area contributed by atoms with Crippen molar-refractivity contribution in [2.75, 3.05) is 18.1 Å². The van der Waals surface area contributed by atoms with Crippen molar-refractivity contribution >= 4 is 11.8 Å². The fourth-order valence-electron chi connectivity index (χ4n) is 2.72.